The summed E-state index contributed by atoms with van der Waals surface area (Å²) < 4.78 is 0. The standard InChI is InChI=1S/C19H22N4O3/c1-11-5-6-16(18(25)22-11)23-10-15-12(3-2-4-14(15)19(23)26)9-21-17(24)13-7-20-8-13/h2-4,13,16,20H,1,5-10H2,(H,21,24)(H,22,25). The topological polar surface area (TPSA) is 90.5 Å². The number of piperidine rings is 1. The first-order chi connectivity index (χ1) is 12.5. The summed E-state index contributed by atoms with van der Waals surface area (Å²) >= 11 is 0. The molecule has 2 fully saturated rings. The van der Waals surface area contributed by atoms with Gasteiger partial charge < -0.3 is 20.9 Å². The Hall–Kier alpha value is -2.67. The van der Waals surface area contributed by atoms with E-state index in [1.165, 1.54) is 0 Å². The monoisotopic (exact) mass is 354 g/mol. The maximum Gasteiger partial charge on any atom is 0.255 e. The van der Waals surface area contributed by atoms with Gasteiger partial charge in [-0.25, -0.2) is 0 Å². The number of fused-ring (bicyclic) bond motifs is 1. The van der Waals surface area contributed by atoms with Crippen LogP contribution >= 0.6 is 0 Å². The van der Waals surface area contributed by atoms with Crippen LogP contribution in [-0.4, -0.2) is 41.8 Å². The van der Waals surface area contributed by atoms with Crippen LogP contribution in [0.25, 0.3) is 0 Å². The van der Waals surface area contributed by atoms with Gasteiger partial charge in [-0.05, 0) is 30.0 Å². The predicted octanol–water partition coefficient (Wildman–Crippen LogP) is 0.270. The number of hydrogen-bond acceptors (Lipinski definition) is 4. The molecular formula is C19H22N4O3. The summed E-state index contributed by atoms with van der Waals surface area (Å²) in [5.41, 5.74) is 3.16. The molecular weight excluding hydrogens is 332 g/mol. The number of carbonyl (C=O) groups is 3. The summed E-state index contributed by atoms with van der Waals surface area (Å²) in [7, 11) is 0. The summed E-state index contributed by atoms with van der Waals surface area (Å²) in [5, 5.41) is 8.78. The van der Waals surface area contributed by atoms with E-state index in [9.17, 15) is 14.4 Å². The molecule has 1 unspecified atom stereocenters. The molecule has 0 saturated carbocycles. The average molecular weight is 354 g/mol. The molecule has 0 bridgehead atoms. The minimum Gasteiger partial charge on any atom is -0.352 e. The quantitative estimate of drug-likeness (QED) is 0.724. The summed E-state index contributed by atoms with van der Waals surface area (Å²) in [5.74, 6) is -0.226. The third kappa shape index (κ3) is 2.88. The van der Waals surface area contributed by atoms with Crippen molar-refractivity contribution in [1.29, 1.82) is 0 Å². The van der Waals surface area contributed by atoms with E-state index in [2.05, 4.69) is 22.5 Å². The SMILES string of the molecule is C=C1CCC(N2Cc3c(CNC(=O)C4CNC4)cccc3C2=O)C(=O)N1. The van der Waals surface area contributed by atoms with Gasteiger partial charge in [-0.15, -0.1) is 0 Å². The molecule has 26 heavy (non-hydrogen) atoms. The predicted molar refractivity (Wildman–Crippen MR) is 94.8 cm³/mol. The van der Waals surface area contributed by atoms with Crippen molar-refractivity contribution in [3.8, 4) is 0 Å². The number of benzene rings is 1. The zero-order valence-electron chi connectivity index (χ0n) is 14.5. The van der Waals surface area contributed by atoms with Crippen molar-refractivity contribution in [3.05, 3.63) is 47.2 Å². The van der Waals surface area contributed by atoms with Crippen LogP contribution in [0.1, 0.15) is 34.3 Å². The van der Waals surface area contributed by atoms with Crippen LogP contribution in [0.3, 0.4) is 0 Å². The smallest absolute Gasteiger partial charge is 0.255 e. The lowest BCUT2D eigenvalue weighted by Gasteiger charge is -2.31. The molecule has 3 amide bonds. The van der Waals surface area contributed by atoms with Crippen molar-refractivity contribution in [2.75, 3.05) is 13.1 Å². The summed E-state index contributed by atoms with van der Waals surface area (Å²) in [6.45, 7) is 6.01. The number of carbonyl (C=O) groups excluding carboxylic acids is 3. The number of allylic oxidation sites excluding steroid dienone is 1. The third-order valence-electron chi connectivity index (χ3n) is 5.40. The van der Waals surface area contributed by atoms with Crippen LogP contribution in [-0.2, 0) is 22.7 Å². The highest BCUT2D eigenvalue weighted by atomic mass is 16.2. The van der Waals surface area contributed by atoms with Gasteiger partial charge in [0.25, 0.3) is 5.91 Å². The average Bonchev–Trinajstić information content (AvgIpc) is 2.89. The molecule has 1 atom stereocenters. The second-order valence-electron chi connectivity index (χ2n) is 7.10. The van der Waals surface area contributed by atoms with E-state index >= 15 is 0 Å². The normalized spacial score (nSPS) is 22.7. The molecule has 4 rings (SSSR count). The second-order valence-corrected chi connectivity index (χ2v) is 7.10. The van der Waals surface area contributed by atoms with E-state index < -0.39 is 6.04 Å². The maximum absolute atomic E-state index is 12.8. The Balaban J connectivity index is 1.49. The first-order valence-electron chi connectivity index (χ1n) is 8.93. The molecule has 1 aromatic rings. The van der Waals surface area contributed by atoms with E-state index in [0.29, 0.717) is 50.3 Å². The molecule has 3 heterocycles. The van der Waals surface area contributed by atoms with Gasteiger partial charge in [0, 0.05) is 37.4 Å². The first kappa shape index (κ1) is 16.8. The van der Waals surface area contributed by atoms with Gasteiger partial charge >= 0.3 is 0 Å². The Morgan fingerprint density at radius 3 is 2.81 bits per heavy atom. The highest BCUT2D eigenvalue weighted by molar-refractivity contribution is 6.01. The van der Waals surface area contributed by atoms with Crippen LogP contribution in [0.15, 0.2) is 30.5 Å². The first-order valence-corrected chi connectivity index (χ1v) is 8.93. The molecule has 136 valence electrons. The summed E-state index contributed by atoms with van der Waals surface area (Å²) in [6, 6.07) is 5.08. The number of hydrogen-bond donors (Lipinski definition) is 3. The molecule has 3 N–H and O–H groups in total. The Kier molecular flexibility index (Phi) is 4.24. The zero-order chi connectivity index (χ0) is 18.3. The van der Waals surface area contributed by atoms with Crippen LogP contribution in [0, 0.1) is 5.92 Å². The highest BCUT2D eigenvalue weighted by Crippen LogP contribution is 2.30. The Labute approximate surface area is 151 Å². The van der Waals surface area contributed by atoms with Crippen molar-refractivity contribution < 1.29 is 14.4 Å². The number of rotatable bonds is 4. The second kappa shape index (κ2) is 6.57. The fourth-order valence-corrected chi connectivity index (χ4v) is 3.70. The largest absolute Gasteiger partial charge is 0.352 e. The molecule has 0 radical (unpaired) electrons. The fraction of sp³-hybridized carbons (Fsp3) is 0.421. The van der Waals surface area contributed by atoms with E-state index in [1.807, 2.05) is 12.1 Å². The highest BCUT2D eigenvalue weighted by Gasteiger charge is 2.38. The molecule has 0 spiro atoms. The van der Waals surface area contributed by atoms with Gasteiger partial charge in [-0.3, -0.25) is 14.4 Å². The molecule has 0 aromatic heterocycles. The number of amides is 3. The van der Waals surface area contributed by atoms with Crippen molar-refractivity contribution in [1.82, 2.24) is 20.9 Å². The summed E-state index contributed by atoms with van der Waals surface area (Å²) in [6.07, 6.45) is 1.26. The lowest BCUT2D eigenvalue weighted by molar-refractivity contribution is -0.127. The van der Waals surface area contributed by atoms with Gasteiger partial charge in [0.15, 0.2) is 0 Å². The minimum atomic E-state index is -0.469. The number of nitrogens with zero attached hydrogens (tertiary/aromatic N) is 1. The lowest BCUT2D eigenvalue weighted by Crippen LogP contribution is -2.50. The third-order valence-corrected chi connectivity index (χ3v) is 5.40. The van der Waals surface area contributed by atoms with Crippen molar-refractivity contribution in [2.24, 2.45) is 5.92 Å². The summed E-state index contributed by atoms with van der Waals surface area (Å²) in [4.78, 5) is 38.8. The Bertz CT molecular complexity index is 800. The van der Waals surface area contributed by atoms with Gasteiger partial charge in [0.05, 0.1) is 5.92 Å². The van der Waals surface area contributed by atoms with Gasteiger partial charge in [-0.2, -0.15) is 0 Å². The van der Waals surface area contributed by atoms with Crippen LogP contribution < -0.4 is 16.0 Å². The Morgan fingerprint density at radius 1 is 1.31 bits per heavy atom. The lowest BCUT2D eigenvalue weighted by atomic mass is 10.0. The van der Waals surface area contributed by atoms with E-state index in [0.717, 1.165) is 11.1 Å². The molecule has 0 aliphatic carbocycles. The van der Waals surface area contributed by atoms with Gasteiger partial charge in [0.2, 0.25) is 11.8 Å². The van der Waals surface area contributed by atoms with Gasteiger partial charge in [0.1, 0.15) is 6.04 Å². The molecule has 3 aliphatic rings. The van der Waals surface area contributed by atoms with Crippen LogP contribution in [0.2, 0.25) is 0 Å². The van der Waals surface area contributed by atoms with E-state index in [-0.39, 0.29) is 23.6 Å². The fourth-order valence-electron chi connectivity index (χ4n) is 3.70. The molecule has 7 heteroatoms. The van der Waals surface area contributed by atoms with Crippen LogP contribution in [0.4, 0.5) is 0 Å². The molecule has 3 aliphatic heterocycles. The van der Waals surface area contributed by atoms with Crippen LogP contribution in [0.5, 0.6) is 0 Å². The molecule has 2 saturated heterocycles. The van der Waals surface area contributed by atoms with E-state index in [1.54, 1.807) is 11.0 Å². The molecule has 1 aromatic carbocycles. The van der Waals surface area contributed by atoms with Crippen molar-refractivity contribution in [3.63, 3.8) is 0 Å². The van der Waals surface area contributed by atoms with E-state index in [4.69, 9.17) is 0 Å². The maximum atomic E-state index is 12.8. The molecule has 7 nitrogen and oxygen atoms in total. The Morgan fingerprint density at radius 2 is 2.12 bits per heavy atom. The minimum absolute atomic E-state index is 0.0314. The van der Waals surface area contributed by atoms with Crippen molar-refractivity contribution in [2.45, 2.75) is 32.0 Å². The number of nitrogens with one attached hydrogen (secondary N) is 3. The van der Waals surface area contributed by atoms with Gasteiger partial charge in [-0.1, -0.05) is 18.7 Å². The van der Waals surface area contributed by atoms with Crippen molar-refractivity contribution >= 4 is 17.7 Å². The zero-order valence-corrected chi connectivity index (χ0v) is 14.5.